The highest BCUT2D eigenvalue weighted by atomic mass is 32.2. The summed E-state index contributed by atoms with van der Waals surface area (Å²) in [4.78, 5) is 6.68. The Morgan fingerprint density at radius 1 is 1.50 bits per heavy atom. The van der Waals surface area contributed by atoms with Crippen LogP contribution in [0.5, 0.6) is 0 Å². The third-order valence-corrected chi connectivity index (χ3v) is 4.21. The Hall–Kier alpha value is -0.960. The molecule has 1 fully saturated rings. The van der Waals surface area contributed by atoms with Crippen molar-refractivity contribution < 1.29 is 13.2 Å². The molecule has 0 spiro atoms. The Morgan fingerprint density at radius 2 is 2.17 bits per heavy atom. The minimum Gasteiger partial charge on any atom is -0.373 e. The van der Waals surface area contributed by atoms with Gasteiger partial charge in [-0.25, -0.2) is 4.98 Å². The molecule has 1 saturated heterocycles. The van der Waals surface area contributed by atoms with Crippen LogP contribution in [0.4, 0.5) is 0 Å². The number of aromatic nitrogens is 2. The van der Waals surface area contributed by atoms with Crippen molar-refractivity contribution in [1.29, 1.82) is 0 Å². The number of imidazole rings is 1. The van der Waals surface area contributed by atoms with Crippen LogP contribution in [0, 0.1) is 0 Å². The maximum Gasteiger partial charge on any atom is 0.279 e. The molecule has 1 aliphatic rings. The van der Waals surface area contributed by atoms with Crippen LogP contribution in [0.25, 0.3) is 0 Å². The van der Waals surface area contributed by atoms with Gasteiger partial charge in [0.1, 0.15) is 0 Å². The van der Waals surface area contributed by atoms with Crippen LogP contribution < -0.4 is 4.72 Å². The lowest BCUT2D eigenvalue weighted by Gasteiger charge is -2.34. The van der Waals surface area contributed by atoms with E-state index in [0.717, 1.165) is 5.69 Å². The maximum atomic E-state index is 12.1. The van der Waals surface area contributed by atoms with E-state index in [9.17, 15) is 8.42 Å². The van der Waals surface area contributed by atoms with E-state index in [-0.39, 0.29) is 18.8 Å². The van der Waals surface area contributed by atoms with Gasteiger partial charge in [-0.3, -0.25) is 0 Å². The first-order valence-electron chi connectivity index (χ1n) is 5.85. The predicted octanol–water partition coefficient (Wildman–Crippen LogP) is -0.147. The van der Waals surface area contributed by atoms with Crippen molar-refractivity contribution >= 4 is 10.2 Å². The van der Waals surface area contributed by atoms with E-state index in [1.54, 1.807) is 6.20 Å². The standard InChI is InChI=1S/C10H18N4O3S/c1-8-5-14(6-9(2)17-8)18(15,16)13-4-10-3-11-7-12-10/h3,7-9,13H,4-6H2,1-2H3,(H,11,12). The molecule has 2 atom stereocenters. The normalized spacial score (nSPS) is 26.3. The molecule has 7 nitrogen and oxygen atoms in total. The molecular formula is C10H18N4O3S. The van der Waals surface area contributed by atoms with Gasteiger partial charge >= 0.3 is 0 Å². The van der Waals surface area contributed by atoms with Crippen molar-refractivity contribution in [2.24, 2.45) is 0 Å². The largest absolute Gasteiger partial charge is 0.373 e. The number of ether oxygens (including phenoxy) is 1. The van der Waals surface area contributed by atoms with Gasteiger partial charge in [0, 0.05) is 25.0 Å². The number of hydrogen-bond acceptors (Lipinski definition) is 4. The van der Waals surface area contributed by atoms with Crippen molar-refractivity contribution in [3.05, 3.63) is 18.2 Å². The average Bonchev–Trinajstić information content (AvgIpc) is 2.78. The van der Waals surface area contributed by atoms with Crippen LogP contribution in [-0.2, 0) is 21.5 Å². The summed E-state index contributed by atoms with van der Waals surface area (Å²) in [5, 5.41) is 0. The van der Waals surface area contributed by atoms with Gasteiger partial charge in [-0.1, -0.05) is 0 Å². The van der Waals surface area contributed by atoms with Gasteiger partial charge < -0.3 is 9.72 Å². The number of morpholine rings is 1. The van der Waals surface area contributed by atoms with Gasteiger partial charge in [0.15, 0.2) is 0 Å². The molecule has 1 aromatic rings. The van der Waals surface area contributed by atoms with Crippen molar-refractivity contribution in [3.8, 4) is 0 Å². The Labute approximate surface area is 107 Å². The quantitative estimate of drug-likeness (QED) is 0.799. The Morgan fingerprint density at radius 3 is 2.72 bits per heavy atom. The first kappa shape index (κ1) is 13.5. The first-order chi connectivity index (χ1) is 8.47. The average molecular weight is 274 g/mol. The molecule has 0 aromatic carbocycles. The lowest BCUT2D eigenvalue weighted by Crippen LogP contribution is -2.51. The molecule has 0 aliphatic carbocycles. The van der Waals surface area contributed by atoms with Crippen LogP contribution in [0.1, 0.15) is 19.5 Å². The van der Waals surface area contributed by atoms with Crippen molar-refractivity contribution in [3.63, 3.8) is 0 Å². The second-order valence-electron chi connectivity index (χ2n) is 4.48. The molecule has 18 heavy (non-hydrogen) atoms. The molecule has 1 aromatic heterocycles. The number of H-pyrrole nitrogens is 1. The Kier molecular flexibility index (Phi) is 4.00. The summed E-state index contributed by atoms with van der Waals surface area (Å²) < 4.78 is 33.7. The van der Waals surface area contributed by atoms with E-state index in [2.05, 4.69) is 14.7 Å². The number of nitrogens with zero attached hydrogens (tertiary/aromatic N) is 2. The highest BCUT2D eigenvalue weighted by Gasteiger charge is 2.30. The van der Waals surface area contributed by atoms with Crippen LogP contribution in [-0.4, -0.2) is 48.0 Å². The van der Waals surface area contributed by atoms with Crippen LogP contribution in [0.2, 0.25) is 0 Å². The van der Waals surface area contributed by atoms with Crippen LogP contribution >= 0.6 is 0 Å². The zero-order valence-electron chi connectivity index (χ0n) is 10.5. The topological polar surface area (TPSA) is 87.3 Å². The molecule has 1 aliphatic heterocycles. The summed E-state index contributed by atoms with van der Waals surface area (Å²) in [6, 6.07) is 0. The summed E-state index contributed by atoms with van der Waals surface area (Å²) in [6.07, 6.45) is 2.94. The predicted molar refractivity (Wildman–Crippen MR) is 65.9 cm³/mol. The van der Waals surface area contributed by atoms with E-state index in [1.807, 2.05) is 13.8 Å². The third-order valence-electron chi connectivity index (χ3n) is 2.73. The van der Waals surface area contributed by atoms with E-state index >= 15 is 0 Å². The summed E-state index contributed by atoms with van der Waals surface area (Å²) >= 11 is 0. The van der Waals surface area contributed by atoms with Gasteiger partial charge in [0.2, 0.25) is 0 Å². The van der Waals surface area contributed by atoms with Gasteiger partial charge in [-0.15, -0.1) is 0 Å². The van der Waals surface area contributed by atoms with Crippen LogP contribution in [0.15, 0.2) is 12.5 Å². The summed E-state index contributed by atoms with van der Waals surface area (Å²) in [5.74, 6) is 0. The highest BCUT2D eigenvalue weighted by molar-refractivity contribution is 7.87. The second-order valence-corrected chi connectivity index (χ2v) is 6.23. The molecule has 2 N–H and O–H groups in total. The number of hydrogen-bond donors (Lipinski definition) is 2. The molecular weight excluding hydrogens is 256 g/mol. The smallest absolute Gasteiger partial charge is 0.279 e. The van der Waals surface area contributed by atoms with Crippen molar-refractivity contribution in [2.45, 2.75) is 32.6 Å². The van der Waals surface area contributed by atoms with E-state index in [4.69, 9.17) is 4.74 Å². The highest BCUT2D eigenvalue weighted by Crippen LogP contribution is 2.13. The monoisotopic (exact) mass is 274 g/mol. The molecule has 102 valence electrons. The molecule has 0 saturated carbocycles. The SMILES string of the molecule is CC1CN(S(=O)(=O)NCc2cnc[nH]2)CC(C)O1. The molecule has 0 radical (unpaired) electrons. The fourth-order valence-corrected chi connectivity index (χ4v) is 3.30. The molecule has 2 heterocycles. The summed E-state index contributed by atoms with van der Waals surface area (Å²) in [5.41, 5.74) is 0.730. The molecule has 2 rings (SSSR count). The number of aromatic amines is 1. The van der Waals surface area contributed by atoms with Gasteiger partial charge in [0.05, 0.1) is 25.1 Å². The minimum atomic E-state index is -3.47. The lowest BCUT2D eigenvalue weighted by molar-refractivity contribution is -0.0444. The first-order valence-corrected chi connectivity index (χ1v) is 7.29. The zero-order chi connectivity index (χ0) is 13.2. The Bertz CT molecular complexity index is 463. The fourth-order valence-electron chi connectivity index (χ4n) is 1.97. The van der Waals surface area contributed by atoms with Crippen molar-refractivity contribution in [1.82, 2.24) is 19.0 Å². The van der Waals surface area contributed by atoms with E-state index in [1.165, 1.54) is 10.6 Å². The van der Waals surface area contributed by atoms with Crippen LogP contribution in [0.3, 0.4) is 0 Å². The summed E-state index contributed by atoms with van der Waals surface area (Å²) in [7, 11) is -3.47. The molecule has 0 bridgehead atoms. The molecule has 2 unspecified atom stereocenters. The lowest BCUT2D eigenvalue weighted by atomic mass is 10.3. The van der Waals surface area contributed by atoms with E-state index < -0.39 is 10.2 Å². The van der Waals surface area contributed by atoms with Crippen molar-refractivity contribution in [2.75, 3.05) is 13.1 Å². The van der Waals surface area contributed by atoms with E-state index in [0.29, 0.717) is 13.1 Å². The molecule has 8 heteroatoms. The zero-order valence-corrected chi connectivity index (χ0v) is 11.3. The molecule has 0 amide bonds. The minimum absolute atomic E-state index is 0.0857. The third kappa shape index (κ3) is 3.29. The summed E-state index contributed by atoms with van der Waals surface area (Å²) in [6.45, 7) is 4.70. The second kappa shape index (κ2) is 5.35. The Balaban J connectivity index is 1.97. The number of nitrogens with one attached hydrogen (secondary N) is 2. The van der Waals surface area contributed by atoms with Gasteiger partial charge in [-0.2, -0.15) is 17.4 Å². The fraction of sp³-hybridized carbons (Fsp3) is 0.700. The van der Waals surface area contributed by atoms with Gasteiger partial charge in [0.25, 0.3) is 10.2 Å². The maximum absolute atomic E-state index is 12.1. The number of rotatable bonds is 4. The van der Waals surface area contributed by atoms with Gasteiger partial charge in [-0.05, 0) is 13.8 Å².